The van der Waals surface area contributed by atoms with Crippen molar-refractivity contribution in [1.29, 1.82) is 0 Å². The van der Waals surface area contributed by atoms with Crippen molar-refractivity contribution in [1.82, 2.24) is 10.2 Å². The molecule has 25 heavy (non-hydrogen) atoms. The summed E-state index contributed by atoms with van der Waals surface area (Å²) in [6.07, 6.45) is 1.99. The van der Waals surface area contributed by atoms with Crippen LogP contribution in [0, 0.1) is 5.41 Å². The lowest BCUT2D eigenvalue weighted by atomic mass is 10.1. The molecule has 0 saturated heterocycles. The number of amides is 1. The second-order valence-electron chi connectivity index (χ2n) is 7.20. The molecule has 3 rings (SSSR count). The van der Waals surface area contributed by atoms with E-state index >= 15 is 0 Å². The Labute approximate surface area is 149 Å². The van der Waals surface area contributed by atoms with Gasteiger partial charge in [0, 0.05) is 30.6 Å². The summed E-state index contributed by atoms with van der Waals surface area (Å²) >= 11 is 0. The maximum atomic E-state index is 12.4. The molecule has 1 aliphatic carbocycles. The highest BCUT2D eigenvalue weighted by Gasteiger charge is 2.42. The summed E-state index contributed by atoms with van der Waals surface area (Å²) in [6.45, 7) is 2.37. The van der Waals surface area contributed by atoms with E-state index in [0.717, 1.165) is 31.5 Å². The molecule has 0 spiro atoms. The summed E-state index contributed by atoms with van der Waals surface area (Å²) in [4.78, 5) is 14.6. The van der Waals surface area contributed by atoms with Gasteiger partial charge in [-0.1, -0.05) is 42.5 Å². The molecule has 0 heterocycles. The highest BCUT2D eigenvalue weighted by atomic mass is 16.3. The minimum Gasteiger partial charge on any atom is -0.396 e. The highest BCUT2D eigenvalue weighted by molar-refractivity contribution is 5.94. The smallest absolute Gasteiger partial charge is 0.251 e. The van der Waals surface area contributed by atoms with Gasteiger partial charge in [-0.3, -0.25) is 9.69 Å². The maximum absolute atomic E-state index is 12.4. The van der Waals surface area contributed by atoms with Crippen molar-refractivity contribution in [2.24, 2.45) is 5.41 Å². The minimum atomic E-state index is -0.0663. The first-order chi connectivity index (χ1) is 12.1. The Hall–Kier alpha value is -2.17. The Kier molecular flexibility index (Phi) is 5.51. The van der Waals surface area contributed by atoms with E-state index in [1.807, 2.05) is 42.5 Å². The zero-order valence-corrected chi connectivity index (χ0v) is 14.7. The Morgan fingerprint density at radius 3 is 2.44 bits per heavy atom. The van der Waals surface area contributed by atoms with Crippen LogP contribution in [0.25, 0.3) is 0 Å². The lowest BCUT2D eigenvalue weighted by Gasteiger charge is -2.17. The maximum Gasteiger partial charge on any atom is 0.251 e. The van der Waals surface area contributed by atoms with Gasteiger partial charge in [0.1, 0.15) is 0 Å². The molecule has 0 aromatic heterocycles. The largest absolute Gasteiger partial charge is 0.396 e. The number of aliphatic hydroxyl groups excluding tert-OH is 1. The number of carbonyl (C=O) groups excluding carboxylic acids is 1. The van der Waals surface area contributed by atoms with Crippen LogP contribution in [0.4, 0.5) is 0 Å². The zero-order chi connectivity index (χ0) is 17.7. The number of aliphatic hydroxyl groups is 1. The molecular formula is C21H26N2O2. The first-order valence-corrected chi connectivity index (χ1v) is 8.81. The van der Waals surface area contributed by atoms with Crippen molar-refractivity contribution in [2.75, 3.05) is 20.2 Å². The monoisotopic (exact) mass is 338 g/mol. The van der Waals surface area contributed by atoms with Crippen LogP contribution in [0.1, 0.15) is 34.3 Å². The third-order valence-corrected chi connectivity index (χ3v) is 4.85. The molecule has 4 nitrogen and oxygen atoms in total. The van der Waals surface area contributed by atoms with Crippen LogP contribution < -0.4 is 5.32 Å². The van der Waals surface area contributed by atoms with E-state index in [9.17, 15) is 9.90 Å². The Balaban J connectivity index is 1.56. The van der Waals surface area contributed by atoms with Crippen molar-refractivity contribution in [3.63, 3.8) is 0 Å². The van der Waals surface area contributed by atoms with Gasteiger partial charge >= 0.3 is 0 Å². The second kappa shape index (κ2) is 7.81. The second-order valence-corrected chi connectivity index (χ2v) is 7.20. The lowest BCUT2D eigenvalue weighted by Crippen LogP contribution is -2.31. The number of hydrogen-bond donors (Lipinski definition) is 2. The van der Waals surface area contributed by atoms with Crippen LogP contribution in [0.2, 0.25) is 0 Å². The molecule has 1 saturated carbocycles. The normalized spacial score (nSPS) is 15.2. The minimum absolute atomic E-state index is 0.0627. The van der Waals surface area contributed by atoms with Crippen molar-refractivity contribution in [3.05, 3.63) is 71.3 Å². The summed E-state index contributed by atoms with van der Waals surface area (Å²) < 4.78 is 0. The fourth-order valence-corrected chi connectivity index (χ4v) is 3.01. The molecule has 0 radical (unpaired) electrons. The predicted octanol–water partition coefficient (Wildman–Crippen LogP) is 2.82. The summed E-state index contributed by atoms with van der Waals surface area (Å²) in [5.74, 6) is -0.0627. The Bertz CT molecular complexity index is 711. The van der Waals surface area contributed by atoms with Gasteiger partial charge in [0.25, 0.3) is 5.91 Å². The molecule has 4 heteroatoms. The van der Waals surface area contributed by atoms with Crippen LogP contribution in [-0.4, -0.2) is 36.1 Å². The molecule has 0 atom stereocenters. The van der Waals surface area contributed by atoms with Gasteiger partial charge in [0.2, 0.25) is 0 Å². The Morgan fingerprint density at radius 1 is 1.08 bits per heavy atom. The average molecular weight is 338 g/mol. The van der Waals surface area contributed by atoms with E-state index < -0.39 is 0 Å². The van der Waals surface area contributed by atoms with Gasteiger partial charge in [0.05, 0.1) is 6.61 Å². The first-order valence-electron chi connectivity index (χ1n) is 8.81. The van der Waals surface area contributed by atoms with Crippen molar-refractivity contribution >= 4 is 5.91 Å². The number of hydrogen-bond acceptors (Lipinski definition) is 3. The molecule has 1 amide bonds. The van der Waals surface area contributed by atoms with Gasteiger partial charge in [-0.15, -0.1) is 0 Å². The SMILES string of the molecule is CN(Cc1ccccc1)Cc1cccc(C(=O)NCC2(CO)CC2)c1. The van der Waals surface area contributed by atoms with Gasteiger partial charge in [0.15, 0.2) is 0 Å². The quantitative estimate of drug-likeness (QED) is 0.778. The van der Waals surface area contributed by atoms with Gasteiger partial charge < -0.3 is 10.4 Å². The van der Waals surface area contributed by atoms with Crippen LogP contribution in [-0.2, 0) is 13.1 Å². The fraction of sp³-hybridized carbons (Fsp3) is 0.381. The summed E-state index contributed by atoms with van der Waals surface area (Å²) in [5.41, 5.74) is 3.01. The average Bonchev–Trinajstić information content (AvgIpc) is 3.41. The van der Waals surface area contributed by atoms with Gasteiger partial charge in [-0.25, -0.2) is 0 Å². The summed E-state index contributed by atoms with van der Waals surface area (Å²) in [5, 5.41) is 12.3. The molecule has 0 unspecified atom stereocenters. The van der Waals surface area contributed by atoms with E-state index in [2.05, 4.69) is 29.4 Å². The zero-order valence-electron chi connectivity index (χ0n) is 14.7. The molecule has 2 aromatic carbocycles. The molecule has 2 aromatic rings. The van der Waals surface area contributed by atoms with E-state index in [-0.39, 0.29) is 17.9 Å². The van der Waals surface area contributed by atoms with Crippen molar-refractivity contribution in [2.45, 2.75) is 25.9 Å². The van der Waals surface area contributed by atoms with E-state index in [0.29, 0.717) is 12.1 Å². The standard InChI is InChI=1S/C21H26N2O2/c1-23(13-17-6-3-2-4-7-17)14-18-8-5-9-19(12-18)20(25)22-15-21(16-24)10-11-21/h2-9,12,24H,10-11,13-16H2,1H3,(H,22,25). The van der Waals surface area contributed by atoms with Crippen LogP contribution in [0.5, 0.6) is 0 Å². The van der Waals surface area contributed by atoms with Crippen LogP contribution in [0.3, 0.4) is 0 Å². The number of rotatable bonds is 8. The third-order valence-electron chi connectivity index (χ3n) is 4.85. The molecule has 1 aliphatic rings. The van der Waals surface area contributed by atoms with E-state index in [1.165, 1.54) is 5.56 Å². The molecule has 1 fully saturated rings. The van der Waals surface area contributed by atoms with E-state index in [4.69, 9.17) is 0 Å². The molecule has 0 aliphatic heterocycles. The topological polar surface area (TPSA) is 52.6 Å². The van der Waals surface area contributed by atoms with E-state index in [1.54, 1.807) is 0 Å². The number of nitrogens with one attached hydrogen (secondary N) is 1. The summed E-state index contributed by atoms with van der Waals surface area (Å²) in [7, 11) is 2.08. The Morgan fingerprint density at radius 2 is 1.76 bits per heavy atom. The lowest BCUT2D eigenvalue weighted by molar-refractivity contribution is 0.0935. The van der Waals surface area contributed by atoms with Crippen molar-refractivity contribution in [3.8, 4) is 0 Å². The van der Waals surface area contributed by atoms with Crippen LogP contribution >= 0.6 is 0 Å². The van der Waals surface area contributed by atoms with Gasteiger partial charge in [-0.2, -0.15) is 0 Å². The molecular weight excluding hydrogens is 312 g/mol. The van der Waals surface area contributed by atoms with Crippen molar-refractivity contribution < 1.29 is 9.90 Å². The fourth-order valence-electron chi connectivity index (χ4n) is 3.01. The number of carbonyl (C=O) groups is 1. The van der Waals surface area contributed by atoms with Crippen LogP contribution in [0.15, 0.2) is 54.6 Å². The summed E-state index contributed by atoms with van der Waals surface area (Å²) in [6, 6.07) is 18.1. The third kappa shape index (κ3) is 4.91. The molecule has 0 bridgehead atoms. The van der Waals surface area contributed by atoms with Gasteiger partial charge in [-0.05, 0) is 43.1 Å². The molecule has 2 N–H and O–H groups in total. The first kappa shape index (κ1) is 17.6. The predicted molar refractivity (Wildman–Crippen MR) is 99.1 cm³/mol. The molecule has 132 valence electrons. The number of benzene rings is 2. The number of nitrogens with zero attached hydrogens (tertiary/aromatic N) is 1. The highest BCUT2D eigenvalue weighted by Crippen LogP contribution is 2.44.